The van der Waals surface area contributed by atoms with Gasteiger partial charge < -0.3 is 19.0 Å². The van der Waals surface area contributed by atoms with E-state index in [0.29, 0.717) is 40.4 Å². The van der Waals surface area contributed by atoms with Crippen molar-refractivity contribution < 1.29 is 19.1 Å². The second-order valence-electron chi connectivity index (χ2n) is 9.10. The molecule has 2 aromatic rings. The molecule has 0 aliphatic heterocycles. The molecule has 2 atom stereocenters. The molecule has 8 nitrogen and oxygen atoms in total. The summed E-state index contributed by atoms with van der Waals surface area (Å²) in [5.41, 5.74) is -0.302. The fourth-order valence-corrected chi connectivity index (χ4v) is 3.85. The van der Waals surface area contributed by atoms with Gasteiger partial charge in [0, 0.05) is 12.4 Å². The lowest BCUT2D eigenvalue weighted by Crippen LogP contribution is -2.32. The Kier molecular flexibility index (Phi) is 17.8. The zero-order valence-corrected chi connectivity index (χ0v) is 25.9. The van der Waals surface area contributed by atoms with Gasteiger partial charge in [0.15, 0.2) is 0 Å². The molecule has 208 valence electrons. The van der Waals surface area contributed by atoms with Crippen LogP contribution >= 0.6 is 31.9 Å². The van der Waals surface area contributed by atoms with Crippen LogP contribution in [-0.2, 0) is 19.1 Å². The molecular weight excluding hydrogens is 608 g/mol. The zero-order valence-electron chi connectivity index (χ0n) is 22.8. The lowest BCUT2D eigenvalue weighted by atomic mass is 9.99. The van der Waals surface area contributed by atoms with Crippen LogP contribution in [0.3, 0.4) is 0 Å². The van der Waals surface area contributed by atoms with Crippen molar-refractivity contribution in [3.63, 3.8) is 0 Å². The molecule has 0 aromatic carbocycles. The molecule has 0 fully saturated rings. The first kappa shape index (κ1) is 34.8. The molecule has 37 heavy (non-hydrogen) atoms. The van der Waals surface area contributed by atoms with Gasteiger partial charge in [0.2, 0.25) is 0 Å². The Labute approximate surface area is 236 Å². The van der Waals surface area contributed by atoms with Gasteiger partial charge in [0.25, 0.3) is 11.1 Å². The van der Waals surface area contributed by atoms with Gasteiger partial charge in [0.1, 0.15) is 6.04 Å². The minimum Gasteiger partial charge on any atom is -0.466 e. The number of rotatable bonds is 9. The quantitative estimate of drug-likeness (QED) is 0.328. The molecule has 10 heteroatoms. The van der Waals surface area contributed by atoms with Crippen LogP contribution in [0.1, 0.15) is 67.3 Å². The number of hydrogen-bond donors (Lipinski definition) is 1. The second-order valence-corrected chi connectivity index (χ2v) is 10.8. The van der Waals surface area contributed by atoms with Crippen molar-refractivity contribution in [1.29, 1.82) is 0 Å². The number of nitrogens with one attached hydrogen (secondary N) is 1. The molecule has 2 unspecified atom stereocenters. The second kappa shape index (κ2) is 19.0. The highest BCUT2D eigenvalue weighted by Crippen LogP contribution is 2.18. The van der Waals surface area contributed by atoms with Gasteiger partial charge in [-0.2, -0.15) is 0 Å². The van der Waals surface area contributed by atoms with E-state index in [-0.39, 0.29) is 29.0 Å². The van der Waals surface area contributed by atoms with Crippen molar-refractivity contribution in [2.45, 2.75) is 67.3 Å². The molecule has 2 heterocycles. The van der Waals surface area contributed by atoms with E-state index in [1.165, 1.54) is 4.57 Å². The molecule has 0 aliphatic carbocycles. The highest BCUT2D eigenvalue weighted by atomic mass is 79.9. The van der Waals surface area contributed by atoms with Crippen LogP contribution in [0.5, 0.6) is 0 Å². The SMILES string of the molecule is CCOC(=O)C(C)CC(C)C.CCOC(=O)C(CC(C)C)n1cccc(Br)c1=O.O=c1[nH]cccc1Br. The molecular formula is C27H40Br2N2O6. The third-order valence-electron chi connectivity index (χ3n) is 4.80. The summed E-state index contributed by atoms with van der Waals surface area (Å²) in [6.45, 7) is 14.5. The Bertz CT molecular complexity index is 1070. The van der Waals surface area contributed by atoms with Crippen molar-refractivity contribution >= 4 is 43.8 Å². The summed E-state index contributed by atoms with van der Waals surface area (Å²) in [7, 11) is 0. The van der Waals surface area contributed by atoms with E-state index in [2.05, 4.69) is 50.7 Å². The van der Waals surface area contributed by atoms with Gasteiger partial charge >= 0.3 is 11.9 Å². The van der Waals surface area contributed by atoms with Crippen LogP contribution in [0.25, 0.3) is 0 Å². The third-order valence-corrected chi connectivity index (χ3v) is 6.03. The summed E-state index contributed by atoms with van der Waals surface area (Å²) in [5, 5.41) is 0. The van der Waals surface area contributed by atoms with E-state index in [1.54, 1.807) is 43.6 Å². The standard InChI is InChI=1S/C13H18BrNO3.C9H18O2.C5H4BrNO/c1-4-18-13(17)11(8-9(2)3)15-7-5-6-10(14)12(15)16;1-5-11-9(10)8(4)6-7(2)3;6-4-2-1-3-7-5(4)8/h5-7,9,11H,4,8H2,1-3H3;7-8H,5-6H2,1-4H3;1-3H,(H,7,8). The predicted octanol–water partition coefficient (Wildman–Crippen LogP) is 6.13. The summed E-state index contributed by atoms with van der Waals surface area (Å²) in [6.07, 6.45) is 4.71. The molecule has 0 radical (unpaired) electrons. The number of aromatic nitrogens is 2. The number of H-pyrrole nitrogens is 1. The smallest absolute Gasteiger partial charge is 0.329 e. The average molecular weight is 648 g/mol. The van der Waals surface area contributed by atoms with E-state index in [9.17, 15) is 19.2 Å². The molecule has 0 amide bonds. The molecule has 0 saturated heterocycles. The summed E-state index contributed by atoms with van der Waals surface area (Å²) in [4.78, 5) is 48.0. The molecule has 0 saturated carbocycles. The number of esters is 2. The van der Waals surface area contributed by atoms with Crippen LogP contribution in [0.2, 0.25) is 0 Å². The number of halogens is 2. The Morgan fingerprint density at radius 3 is 1.86 bits per heavy atom. The number of carbonyl (C=O) groups excluding carboxylic acids is 2. The van der Waals surface area contributed by atoms with E-state index >= 15 is 0 Å². The van der Waals surface area contributed by atoms with E-state index in [0.717, 1.165) is 6.42 Å². The van der Waals surface area contributed by atoms with Gasteiger partial charge in [-0.05, 0) is 94.7 Å². The summed E-state index contributed by atoms with van der Waals surface area (Å²) < 4.78 is 12.4. The van der Waals surface area contributed by atoms with Crippen LogP contribution in [-0.4, -0.2) is 34.7 Å². The lowest BCUT2D eigenvalue weighted by molar-refractivity contribution is -0.148. The van der Waals surface area contributed by atoms with Gasteiger partial charge in [-0.25, -0.2) is 4.79 Å². The van der Waals surface area contributed by atoms with Crippen LogP contribution in [0.4, 0.5) is 0 Å². The zero-order chi connectivity index (χ0) is 28.5. The normalized spacial score (nSPS) is 12.0. The van der Waals surface area contributed by atoms with Gasteiger partial charge in [-0.3, -0.25) is 14.4 Å². The maximum absolute atomic E-state index is 12.0. The number of pyridine rings is 2. The van der Waals surface area contributed by atoms with E-state index < -0.39 is 6.04 Å². The van der Waals surface area contributed by atoms with Crippen molar-refractivity contribution in [1.82, 2.24) is 9.55 Å². The third kappa shape index (κ3) is 14.4. The summed E-state index contributed by atoms with van der Waals surface area (Å²) >= 11 is 6.23. The van der Waals surface area contributed by atoms with Gasteiger partial charge in [0.05, 0.1) is 28.1 Å². The molecule has 0 spiro atoms. The highest BCUT2D eigenvalue weighted by Gasteiger charge is 2.24. The molecule has 0 aliphatic rings. The Balaban J connectivity index is 0.000000579. The molecule has 0 bridgehead atoms. The van der Waals surface area contributed by atoms with E-state index in [1.807, 2.05) is 27.7 Å². The summed E-state index contributed by atoms with van der Waals surface area (Å²) in [6, 6.07) is 6.29. The number of hydrogen-bond acceptors (Lipinski definition) is 6. The van der Waals surface area contributed by atoms with E-state index in [4.69, 9.17) is 9.47 Å². The first-order valence-corrected chi connectivity index (χ1v) is 14.0. The Morgan fingerprint density at radius 1 is 0.865 bits per heavy atom. The first-order chi connectivity index (χ1) is 17.3. The Hall–Kier alpha value is -2.20. The predicted molar refractivity (Wildman–Crippen MR) is 154 cm³/mol. The number of nitrogens with zero attached hydrogens (tertiary/aromatic N) is 1. The number of aromatic amines is 1. The monoisotopic (exact) mass is 646 g/mol. The van der Waals surface area contributed by atoms with Crippen molar-refractivity contribution in [2.24, 2.45) is 17.8 Å². The number of carbonyl (C=O) groups is 2. The highest BCUT2D eigenvalue weighted by molar-refractivity contribution is 9.10. The van der Waals surface area contributed by atoms with Crippen molar-refractivity contribution in [3.05, 3.63) is 66.3 Å². The molecule has 2 rings (SSSR count). The van der Waals surface area contributed by atoms with Crippen LogP contribution in [0, 0.1) is 17.8 Å². The fraction of sp³-hybridized carbons (Fsp3) is 0.556. The molecule has 2 aromatic heterocycles. The first-order valence-electron chi connectivity index (χ1n) is 12.4. The maximum Gasteiger partial charge on any atom is 0.329 e. The topological polar surface area (TPSA) is 107 Å². The maximum atomic E-state index is 12.0. The lowest BCUT2D eigenvalue weighted by Gasteiger charge is -2.20. The van der Waals surface area contributed by atoms with Gasteiger partial charge in [-0.15, -0.1) is 0 Å². The van der Waals surface area contributed by atoms with Crippen molar-refractivity contribution in [3.8, 4) is 0 Å². The molecule has 1 N–H and O–H groups in total. The Morgan fingerprint density at radius 2 is 1.41 bits per heavy atom. The van der Waals surface area contributed by atoms with Crippen LogP contribution in [0.15, 0.2) is 55.2 Å². The number of ether oxygens (including phenoxy) is 2. The largest absolute Gasteiger partial charge is 0.466 e. The van der Waals surface area contributed by atoms with Crippen LogP contribution < -0.4 is 11.1 Å². The van der Waals surface area contributed by atoms with Gasteiger partial charge in [-0.1, -0.05) is 34.6 Å². The minimum absolute atomic E-state index is 0.0509. The van der Waals surface area contributed by atoms with Crippen molar-refractivity contribution in [2.75, 3.05) is 13.2 Å². The summed E-state index contributed by atoms with van der Waals surface area (Å²) in [5.74, 6) is 0.488. The fourth-order valence-electron chi connectivity index (χ4n) is 3.23. The minimum atomic E-state index is -0.560. The average Bonchev–Trinajstić information content (AvgIpc) is 2.82.